The average Bonchev–Trinajstić information content (AvgIpc) is 3.22. The van der Waals surface area contributed by atoms with Gasteiger partial charge in [-0.2, -0.15) is 0 Å². The van der Waals surface area contributed by atoms with Crippen molar-refractivity contribution in [2.45, 2.75) is 31.4 Å². The van der Waals surface area contributed by atoms with Gasteiger partial charge in [-0.15, -0.1) is 0 Å². The lowest BCUT2D eigenvalue weighted by Gasteiger charge is -2.36. The summed E-state index contributed by atoms with van der Waals surface area (Å²) in [4.78, 5) is 38.4. The van der Waals surface area contributed by atoms with Crippen molar-refractivity contribution in [3.8, 4) is 0 Å². The molecule has 0 spiro atoms. The van der Waals surface area contributed by atoms with E-state index in [0.717, 1.165) is 12.8 Å². The van der Waals surface area contributed by atoms with Crippen LogP contribution in [0, 0.1) is 0 Å². The van der Waals surface area contributed by atoms with E-state index < -0.39 is 12.0 Å². The lowest BCUT2D eigenvalue weighted by atomic mass is 10.1. The van der Waals surface area contributed by atoms with Crippen LogP contribution in [0.1, 0.15) is 29.6 Å². The first-order valence-corrected chi connectivity index (χ1v) is 9.67. The van der Waals surface area contributed by atoms with Gasteiger partial charge >= 0.3 is 5.97 Å². The van der Waals surface area contributed by atoms with E-state index in [2.05, 4.69) is 10.6 Å². The molecule has 2 heterocycles. The lowest BCUT2D eigenvalue weighted by molar-refractivity contribution is -0.150. The van der Waals surface area contributed by atoms with Gasteiger partial charge in [-0.3, -0.25) is 19.7 Å². The van der Waals surface area contributed by atoms with E-state index in [0.29, 0.717) is 25.3 Å². The Labute approximate surface area is 168 Å². The standard InChI is InChI=1S/C19H23N3O5S/c23-16(27-12-14-7-4-10-26-14)11-15-18(25)20-8-9-22(15)19(28)21-17(24)13-5-2-1-3-6-13/h1-3,5-6,14-15H,4,7-12H2,(H,20,25)(H,21,24,28). The monoisotopic (exact) mass is 405 g/mol. The molecule has 2 saturated heterocycles. The lowest BCUT2D eigenvalue weighted by Crippen LogP contribution is -2.60. The van der Waals surface area contributed by atoms with E-state index in [1.807, 2.05) is 6.07 Å². The molecule has 0 radical (unpaired) electrons. The third-order valence-electron chi connectivity index (χ3n) is 4.66. The Kier molecular flexibility index (Phi) is 6.94. The van der Waals surface area contributed by atoms with E-state index in [1.54, 1.807) is 29.2 Å². The van der Waals surface area contributed by atoms with Crippen molar-refractivity contribution in [3.63, 3.8) is 0 Å². The summed E-state index contributed by atoms with van der Waals surface area (Å²) in [5.41, 5.74) is 0.457. The maximum atomic E-state index is 12.3. The van der Waals surface area contributed by atoms with Crippen LogP contribution < -0.4 is 10.6 Å². The third-order valence-corrected chi connectivity index (χ3v) is 5.00. The Bertz CT molecular complexity index is 736. The fourth-order valence-corrected chi connectivity index (χ4v) is 3.48. The van der Waals surface area contributed by atoms with Gasteiger partial charge in [0.25, 0.3) is 5.91 Å². The fourth-order valence-electron chi connectivity index (χ4n) is 3.17. The highest BCUT2D eigenvalue weighted by molar-refractivity contribution is 7.80. The minimum Gasteiger partial charge on any atom is -0.463 e. The van der Waals surface area contributed by atoms with E-state index in [9.17, 15) is 14.4 Å². The zero-order valence-corrected chi connectivity index (χ0v) is 16.2. The van der Waals surface area contributed by atoms with Gasteiger partial charge in [0.2, 0.25) is 5.91 Å². The van der Waals surface area contributed by atoms with Gasteiger partial charge in [-0.05, 0) is 37.2 Å². The Balaban J connectivity index is 1.57. The van der Waals surface area contributed by atoms with E-state index in [1.165, 1.54) is 0 Å². The summed E-state index contributed by atoms with van der Waals surface area (Å²) in [6.45, 7) is 1.63. The number of benzene rings is 1. The van der Waals surface area contributed by atoms with Crippen LogP contribution in [0.2, 0.25) is 0 Å². The van der Waals surface area contributed by atoms with Gasteiger partial charge in [0, 0.05) is 25.3 Å². The van der Waals surface area contributed by atoms with Gasteiger partial charge in [-0.1, -0.05) is 18.2 Å². The topological polar surface area (TPSA) is 97.0 Å². The number of nitrogens with one attached hydrogen (secondary N) is 2. The number of hydrogen-bond donors (Lipinski definition) is 2. The van der Waals surface area contributed by atoms with E-state index in [4.69, 9.17) is 21.7 Å². The summed E-state index contributed by atoms with van der Waals surface area (Å²) >= 11 is 5.33. The molecule has 0 aliphatic carbocycles. The summed E-state index contributed by atoms with van der Waals surface area (Å²) < 4.78 is 10.7. The van der Waals surface area contributed by atoms with Crippen LogP contribution in [0.15, 0.2) is 30.3 Å². The molecule has 2 aliphatic heterocycles. The van der Waals surface area contributed by atoms with Crippen LogP contribution >= 0.6 is 12.2 Å². The molecule has 3 rings (SSSR count). The first-order chi connectivity index (χ1) is 13.5. The molecule has 0 saturated carbocycles. The fraction of sp³-hybridized carbons (Fsp3) is 0.474. The van der Waals surface area contributed by atoms with Crippen LogP contribution in [0.5, 0.6) is 0 Å². The molecule has 1 aromatic rings. The van der Waals surface area contributed by atoms with E-state index >= 15 is 0 Å². The largest absolute Gasteiger partial charge is 0.463 e. The van der Waals surface area contributed by atoms with Gasteiger partial charge < -0.3 is 19.7 Å². The van der Waals surface area contributed by atoms with Gasteiger partial charge in [-0.25, -0.2) is 0 Å². The second-order valence-electron chi connectivity index (χ2n) is 6.65. The minimum absolute atomic E-state index is 0.0773. The second-order valence-corrected chi connectivity index (χ2v) is 7.03. The number of piperazine rings is 1. The number of rotatable bonds is 5. The van der Waals surface area contributed by atoms with Crippen molar-refractivity contribution < 1.29 is 23.9 Å². The molecule has 2 N–H and O–H groups in total. The summed E-state index contributed by atoms with van der Waals surface area (Å²) in [7, 11) is 0. The minimum atomic E-state index is -0.825. The first-order valence-electron chi connectivity index (χ1n) is 9.26. The highest BCUT2D eigenvalue weighted by Crippen LogP contribution is 2.14. The molecule has 8 nitrogen and oxygen atoms in total. The van der Waals surface area contributed by atoms with Crippen molar-refractivity contribution >= 4 is 35.1 Å². The SMILES string of the molecule is O=C(CC1C(=O)NCCN1C(=S)NC(=O)c1ccccc1)OCC1CCCO1. The summed E-state index contributed by atoms with van der Waals surface area (Å²) in [5.74, 6) is -1.19. The summed E-state index contributed by atoms with van der Waals surface area (Å²) in [6.07, 6.45) is 1.58. The molecule has 150 valence electrons. The van der Waals surface area contributed by atoms with Crippen molar-refractivity contribution in [2.24, 2.45) is 0 Å². The number of amides is 2. The van der Waals surface area contributed by atoms with Gasteiger partial charge in [0.05, 0.1) is 12.5 Å². The van der Waals surface area contributed by atoms with E-state index in [-0.39, 0.29) is 36.1 Å². The number of thiocarbonyl (C=S) groups is 1. The Hall–Kier alpha value is -2.52. The summed E-state index contributed by atoms with van der Waals surface area (Å²) in [6, 6.07) is 7.82. The molecule has 0 bridgehead atoms. The first kappa shape index (κ1) is 20.2. The van der Waals surface area contributed by atoms with Crippen LogP contribution in [-0.2, 0) is 19.1 Å². The quantitative estimate of drug-likeness (QED) is 0.547. The predicted molar refractivity (Wildman–Crippen MR) is 105 cm³/mol. The molecular formula is C19H23N3O5S. The van der Waals surface area contributed by atoms with Crippen molar-refractivity contribution in [1.29, 1.82) is 0 Å². The smallest absolute Gasteiger partial charge is 0.308 e. The average molecular weight is 405 g/mol. The molecule has 2 amide bonds. The molecule has 2 atom stereocenters. The zero-order chi connectivity index (χ0) is 19.9. The van der Waals surface area contributed by atoms with Crippen molar-refractivity contribution in [2.75, 3.05) is 26.3 Å². The van der Waals surface area contributed by atoms with Crippen LogP contribution in [0.4, 0.5) is 0 Å². The normalized spacial score (nSPS) is 21.7. The number of carbonyl (C=O) groups excluding carboxylic acids is 3. The predicted octanol–water partition coefficient (Wildman–Crippen LogP) is 0.614. The molecule has 9 heteroatoms. The van der Waals surface area contributed by atoms with Crippen molar-refractivity contribution in [1.82, 2.24) is 15.5 Å². The Morgan fingerprint density at radius 3 is 2.82 bits per heavy atom. The molecule has 2 fully saturated rings. The number of ether oxygens (including phenoxy) is 2. The molecule has 28 heavy (non-hydrogen) atoms. The van der Waals surface area contributed by atoms with Crippen LogP contribution in [0.25, 0.3) is 0 Å². The second kappa shape index (κ2) is 9.61. The highest BCUT2D eigenvalue weighted by Gasteiger charge is 2.34. The Morgan fingerprint density at radius 2 is 2.11 bits per heavy atom. The zero-order valence-electron chi connectivity index (χ0n) is 15.4. The molecule has 1 aromatic carbocycles. The molecular weight excluding hydrogens is 382 g/mol. The van der Waals surface area contributed by atoms with Gasteiger partial charge in [0.15, 0.2) is 5.11 Å². The third kappa shape index (κ3) is 5.26. The molecule has 2 aliphatic rings. The number of carbonyl (C=O) groups is 3. The summed E-state index contributed by atoms with van der Waals surface area (Å²) in [5, 5.41) is 5.46. The number of nitrogens with zero attached hydrogens (tertiary/aromatic N) is 1. The number of hydrogen-bond acceptors (Lipinski definition) is 6. The van der Waals surface area contributed by atoms with Crippen LogP contribution in [-0.4, -0.2) is 66.2 Å². The van der Waals surface area contributed by atoms with Gasteiger partial charge in [0.1, 0.15) is 12.6 Å². The maximum Gasteiger partial charge on any atom is 0.308 e. The molecule has 2 unspecified atom stereocenters. The van der Waals surface area contributed by atoms with Crippen molar-refractivity contribution in [3.05, 3.63) is 35.9 Å². The maximum absolute atomic E-state index is 12.3. The van der Waals surface area contributed by atoms with Crippen LogP contribution in [0.3, 0.4) is 0 Å². The highest BCUT2D eigenvalue weighted by atomic mass is 32.1. The molecule has 0 aromatic heterocycles. The number of esters is 1. The Morgan fingerprint density at radius 1 is 1.32 bits per heavy atom.